The van der Waals surface area contributed by atoms with E-state index >= 15 is 0 Å². The molecule has 1 aromatic carbocycles. The van der Waals surface area contributed by atoms with Gasteiger partial charge in [0.25, 0.3) is 0 Å². The van der Waals surface area contributed by atoms with Gasteiger partial charge < -0.3 is 5.32 Å². The van der Waals surface area contributed by atoms with Gasteiger partial charge in [0, 0.05) is 46.1 Å². The number of nitrogens with one attached hydrogen (secondary N) is 1. The van der Waals surface area contributed by atoms with E-state index in [-0.39, 0.29) is 5.91 Å². The Hall–Kier alpha value is -2.38. The third-order valence-electron chi connectivity index (χ3n) is 5.01. The molecule has 0 unspecified atom stereocenters. The fourth-order valence-electron chi connectivity index (χ4n) is 3.50. The van der Waals surface area contributed by atoms with Crippen molar-refractivity contribution in [3.05, 3.63) is 63.6 Å². The molecular weight excluding hydrogens is 400 g/mol. The van der Waals surface area contributed by atoms with Crippen LogP contribution in [0.5, 0.6) is 0 Å². The zero-order chi connectivity index (χ0) is 20.2. The first kappa shape index (κ1) is 19.9. The maximum atomic E-state index is 12.3. The molecule has 0 atom stereocenters. The monoisotopic (exact) mass is 424 g/mol. The fraction of sp³-hybridized carbons (Fsp3) is 0.318. The van der Waals surface area contributed by atoms with Crippen molar-refractivity contribution in [3.8, 4) is 0 Å². The number of thiophene rings is 1. The minimum atomic E-state index is 0.0891. The molecule has 0 saturated carbocycles. The smallest absolute Gasteiger partial charge is 0.220 e. The molecule has 0 aliphatic carbocycles. The number of hydrogen-bond donors (Lipinski definition) is 1. The zero-order valence-electron chi connectivity index (χ0n) is 16.6. The Labute approximate surface area is 178 Å². The summed E-state index contributed by atoms with van der Waals surface area (Å²) in [5, 5.41) is 10.9. The Morgan fingerprint density at radius 3 is 2.90 bits per heavy atom. The maximum absolute atomic E-state index is 12.3. The molecule has 5 nitrogen and oxygen atoms in total. The molecule has 1 amide bonds. The van der Waals surface area contributed by atoms with Gasteiger partial charge in [-0.2, -0.15) is 16.9 Å². The second-order valence-corrected chi connectivity index (χ2v) is 9.13. The number of aromatic nitrogens is 3. The summed E-state index contributed by atoms with van der Waals surface area (Å²) in [6.07, 6.45) is 1.14. The number of hydrogen-bond acceptors (Lipinski definition) is 5. The predicted octanol–water partition coefficient (Wildman–Crippen LogP) is 4.54. The van der Waals surface area contributed by atoms with E-state index in [0.717, 1.165) is 45.0 Å². The Balaban J connectivity index is 1.34. The van der Waals surface area contributed by atoms with Crippen molar-refractivity contribution in [2.24, 2.45) is 0 Å². The van der Waals surface area contributed by atoms with Crippen LogP contribution in [0.4, 0.5) is 0 Å². The number of fused-ring (bicyclic) bond motifs is 3. The summed E-state index contributed by atoms with van der Waals surface area (Å²) in [5.74, 6) is 2.02. The van der Waals surface area contributed by atoms with Gasteiger partial charge in [-0.3, -0.25) is 4.79 Å². The molecule has 0 radical (unpaired) electrons. The first-order chi connectivity index (χ1) is 14.1. The third kappa shape index (κ3) is 4.46. The number of carbonyl (C=O) groups excluding carboxylic acids is 1. The van der Waals surface area contributed by atoms with Crippen LogP contribution in [-0.2, 0) is 17.0 Å². The van der Waals surface area contributed by atoms with Gasteiger partial charge in [0.05, 0.1) is 5.52 Å². The average Bonchev–Trinajstić information content (AvgIpc) is 3.36. The van der Waals surface area contributed by atoms with E-state index in [1.807, 2.05) is 47.5 Å². The van der Waals surface area contributed by atoms with Crippen LogP contribution in [0.2, 0.25) is 0 Å². The van der Waals surface area contributed by atoms with E-state index < -0.39 is 0 Å². The van der Waals surface area contributed by atoms with Crippen LogP contribution in [0.1, 0.15) is 28.2 Å². The highest BCUT2D eigenvalue weighted by atomic mass is 32.2. The lowest BCUT2D eigenvalue weighted by Crippen LogP contribution is -2.26. The number of carbonyl (C=O) groups is 1. The van der Waals surface area contributed by atoms with E-state index in [1.165, 1.54) is 4.88 Å². The minimum absolute atomic E-state index is 0.0891. The first-order valence-corrected chi connectivity index (χ1v) is 11.8. The van der Waals surface area contributed by atoms with Crippen LogP contribution in [-0.4, -0.2) is 32.8 Å². The summed E-state index contributed by atoms with van der Waals surface area (Å²) in [7, 11) is 0. The van der Waals surface area contributed by atoms with Crippen molar-refractivity contribution in [1.29, 1.82) is 0 Å². The van der Waals surface area contributed by atoms with Gasteiger partial charge in [0.2, 0.25) is 5.91 Å². The van der Waals surface area contributed by atoms with E-state index in [4.69, 9.17) is 4.98 Å². The number of aryl methyl sites for hydroxylation is 2. The van der Waals surface area contributed by atoms with Gasteiger partial charge >= 0.3 is 0 Å². The van der Waals surface area contributed by atoms with Crippen molar-refractivity contribution in [2.75, 3.05) is 12.3 Å². The van der Waals surface area contributed by atoms with Crippen LogP contribution in [0, 0.1) is 13.8 Å². The van der Waals surface area contributed by atoms with Gasteiger partial charge in [-0.1, -0.05) is 18.2 Å². The van der Waals surface area contributed by atoms with Crippen LogP contribution < -0.4 is 5.32 Å². The molecule has 7 heteroatoms. The summed E-state index contributed by atoms with van der Waals surface area (Å²) in [4.78, 5) is 18.4. The van der Waals surface area contributed by atoms with Crippen LogP contribution in [0.25, 0.3) is 16.6 Å². The first-order valence-electron chi connectivity index (χ1n) is 9.74. The van der Waals surface area contributed by atoms with Crippen LogP contribution in [0.15, 0.2) is 41.8 Å². The summed E-state index contributed by atoms with van der Waals surface area (Å²) < 4.78 is 1.91. The molecule has 3 aromatic heterocycles. The van der Waals surface area contributed by atoms with Crippen molar-refractivity contribution in [2.45, 2.75) is 32.4 Å². The Morgan fingerprint density at radius 1 is 1.21 bits per heavy atom. The molecule has 0 aliphatic heterocycles. The van der Waals surface area contributed by atoms with E-state index in [1.54, 1.807) is 11.3 Å². The second-order valence-electron chi connectivity index (χ2n) is 7.00. The molecular formula is C22H24N4OS2. The largest absolute Gasteiger partial charge is 0.355 e. The van der Waals surface area contributed by atoms with Gasteiger partial charge in [-0.25, -0.2) is 9.50 Å². The van der Waals surface area contributed by atoms with Crippen molar-refractivity contribution < 1.29 is 4.79 Å². The van der Waals surface area contributed by atoms with Crippen molar-refractivity contribution >= 4 is 45.6 Å². The number of thioether (sulfide) groups is 1. The normalized spacial score (nSPS) is 11.4. The SMILES string of the molecule is Cc1nc2c3ccccc3nn2c(C)c1CCC(=O)NCCSCc1cccs1. The number of nitrogens with zero attached hydrogens (tertiary/aromatic N) is 3. The molecule has 1 N–H and O–H groups in total. The highest BCUT2D eigenvalue weighted by Crippen LogP contribution is 2.23. The molecule has 4 aromatic rings. The second kappa shape index (κ2) is 8.97. The average molecular weight is 425 g/mol. The Kier molecular flexibility index (Phi) is 6.16. The van der Waals surface area contributed by atoms with Crippen LogP contribution in [0.3, 0.4) is 0 Å². The summed E-state index contributed by atoms with van der Waals surface area (Å²) >= 11 is 3.63. The minimum Gasteiger partial charge on any atom is -0.355 e. The van der Waals surface area contributed by atoms with Crippen molar-refractivity contribution in [3.63, 3.8) is 0 Å². The third-order valence-corrected chi connectivity index (χ3v) is 7.08. The fourth-order valence-corrected chi connectivity index (χ4v) is 5.19. The molecule has 150 valence electrons. The predicted molar refractivity (Wildman–Crippen MR) is 122 cm³/mol. The lowest BCUT2D eigenvalue weighted by Gasteiger charge is -2.11. The highest BCUT2D eigenvalue weighted by Gasteiger charge is 2.14. The molecule has 0 aliphatic rings. The van der Waals surface area contributed by atoms with E-state index in [9.17, 15) is 4.79 Å². The quantitative estimate of drug-likeness (QED) is 0.422. The van der Waals surface area contributed by atoms with Gasteiger partial charge in [0.15, 0.2) is 5.65 Å². The number of rotatable bonds is 8. The lowest BCUT2D eigenvalue weighted by molar-refractivity contribution is -0.120. The Bertz CT molecular complexity index is 1130. The van der Waals surface area contributed by atoms with Gasteiger partial charge in [0.1, 0.15) is 0 Å². The number of benzene rings is 1. The lowest BCUT2D eigenvalue weighted by atomic mass is 10.1. The highest BCUT2D eigenvalue weighted by molar-refractivity contribution is 7.98. The molecule has 0 spiro atoms. The molecule has 0 saturated heterocycles. The molecule has 0 fully saturated rings. The molecule has 0 bridgehead atoms. The van der Waals surface area contributed by atoms with Gasteiger partial charge in [-0.05, 0) is 49.4 Å². The molecule has 3 heterocycles. The van der Waals surface area contributed by atoms with E-state index in [0.29, 0.717) is 19.4 Å². The maximum Gasteiger partial charge on any atom is 0.220 e. The number of amides is 1. The van der Waals surface area contributed by atoms with Crippen molar-refractivity contribution in [1.82, 2.24) is 19.9 Å². The van der Waals surface area contributed by atoms with Gasteiger partial charge in [-0.15, -0.1) is 11.3 Å². The Morgan fingerprint density at radius 2 is 2.07 bits per heavy atom. The summed E-state index contributed by atoms with van der Waals surface area (Å²) in [5.41, 5.74) is 4.96. The topological polar surface area (TPSA) is 59.3 Å². The molecule has 4 rings (SSSR count). The summed E-state index contributed by atoms with van der Waals surface area (Å²) in [6, 6.07) is 12.3. The summed E-state index contributed by atoms with van der Waals surface area (Å²) in [6.45, 7) is 4.78. The molecule has 29 heavy (non-hydrogen) atoms. The zero-order valence-corrected chi connectivity index (χ0v) is 18.3. The van der Waals surface area contributed by atoms with E-state index in [2.05, 4.69) is 34.9 Å². The van der Waals surface area contributed by atoms with Crippen LogP contribution >= 0.6 is 23.1 Å². The standard InChI is InChI=1S/C22H24N4OS2/c1-15-18(9-10-21(27)23-11-13-28-14-17-6-5-12-29-17)16(2)26-22(24-15)19-7-3-4-8-20(19)25-26/h3-8,12H,9-11,13-14H2,1-2H3,(H,23,27).